The van der Waals surface area contributed by atoms with Gasteiger partial charge in [0.1, 0.15) is 11.9 Å². The van der Waals surface area contributed by atoms with Gasteiger partial charge in [0.05, 0.1) is 22.8 Å². The number of nitrogens with two attached hydrogens (primary N) is 2. The van der Waals surface area contributed by atoms with Crippen molar-refractivity contribution < 1.29 is 9.13 Å². The van der Waals surface area contributed by atoms with E-state index in [9.17, 15) is 4.39 Å². The van der Waals surface area contributed by atoms with Crippen molar-refractivity contribution in [1.29, 1.82) is 5.41 Å². The highest BCUT2D eigenvalue weighted by Crippen LogP contribution is 2.32. The Bertz CT molecular complexity index is 1170. The third-order valence-corrected chi connectivity index (χ3v) is 5.68. The van der Waals surface area contributed by atoms with E-state index in [1.165, 1.54) is 12.1 Å². The molecule has 1 atom stereocenters. The number of aromatic nitrogens is 1. The van der Waals surface area contributed by atoms with E-state index in [1.807, 2.05) is 0 Å². The number of anilines is 1. The lowest BCUT2D eigenvalue weighted by molar-refractivity contribution is 0.227. The fraction of sp³-hybridized carbons (Fsp3) is 0.348. The first-order chi connectivity index (χ1) is 15.9. The summed E-state index contributed by atoms with van der Waals surface area (Å²) in [4.78, 5) is 9.08. The number of pyridine rings is 1. The number of rotatable bonds is 3. The summed E-state index contributed by atoms with van der Waals surface area (Å²) < 4.78 is 20.3. The van der Waals surface area contributed by atoms with Crippen LogP contribution in [0.1, 0.15) is 49.0 Å². The van der Waals surface area contributed by atoms with Crippen LogP contribution in [0.25, 0.3) is 0 Å². The highest BCUT2D eigenvalue weighted by atomic mass is 19.1. The Labute approximate surface area is 191 Å². The first kappa shape index (κ1) is 22.4. The van der Waals surface area contributed by atoms with Gasteiger partial charge in [0, 0.05) is 42.9 Å². The smallest absolute Gasteiger partial charge is 0.166 e. The van der Waals surface area contributed by atoms with Crippen LogP contribution in [0.3, 0.4) is 0 Å². The Morgan fingerprint density at radius 2 is 2.06 bits per heavy atom. The maximum Gasteiger partial charge on any atom is 0.166 e. The summed E-state index contributed by atoms with van der Waals surface area (Å²) in [7, 11) is 1.64. The van der Waals surface area contributed by atoms with Gasteiger partial charge in [-0.2, -0.15) is 10.2 Å². The number of nitrogen functional groups attached to an aromatic ring is 1. The quantitative estimate of drug-likeness (QED) is 0.419. The largest absolute Gasteiger partial charge is 0.482 e. The molecule has 0 saturated heterocycles. The molecule has 0 amide bonds. The summed E-state index contributed by atoms with van der Waals surface area (Å²) in [6, 6.07) is 5.95. The lowest BCUT2D eigenvalue weighted by Gasteiger charge is -2.22. The van der Waals surface area contributed by atoms with Crippen LogP contribution in [-0.4, -0.2) is 41.4 Å². The Hall–Kier alpha value is -3.82. The Kier molecular flexibility index (Phi) is 6.34. The van der Waals surface area contributed by atoms with Crippen LogP contribution in [0.15, 0.2) is 45.7 Å². The lowest BCUT2D eigenvalue weighted by Crippen LogP contribution is -2.29. The van der Waals surface area contributed by atoms with Crippen molar-refractivity contribution in [1.82, 2.24) is 10.4 Å². The van der Waals surface area contributed by atoms with E-state index in [4.69, 9.17) is 26.7 Å². The van der Waals surface area contributed by atoms with Gasteiger partial charge in [0.25, 0.3) is 0 Å². The maximum atomic E-state index is 14.2. The molecule has 9 nitrogen and oxygen atoms in total. The molecular formula is C23H27FN8O. The molecule has 4 rings (SSSR count). The Balaban J connectivity index is 1.91. The van der Waals surface area contributed by atoms with Crippen molar-refractivity contribution in [2.24, 2.45) is 27.0 Å². The fourth-order valence-electron chi connectivity index (χ4n) is 3.72. The van der Waals surface area contributed by atoms with Crippen molar-refractivity contribution in [3.8, 4) is 5.75 Å². The molecule has 1 fully saturated rings. The number of halogens is 1. The Morgan fingerprint density at radius 1 is 1.27 bits per heavy atom. The number of aliphatic imine (C=N–C) groups is 1. The van der Waals surface area contributed by atoms with E-state index >= 15 is 0 Å². The summed E-state index contributed by atoms with van der Waals surface area (Å²) >= 11 is 0. The lowest BCUT2D eigenvalue weighted by atomic mass is 9.92. The van der Waals surface area contributed by atoms with Gasteiger partial charge < -0.3 is 21.7 Å². The maximum absolute atomic E-state index is 14.2. The Morgan fingerprint density at radius 3 is 2.76 bits per heavy atom. The molecule has 2 aromatic rings. The standard InChI is InChI=1S/C23H27FN8O/c1-12-17-8-15(24)5-6-16(17)21(25)18(32-28-2)9-19(31-27)22(29-10-13-3-4-13)14-7-20(33-12)23(26)30-11-14/h5-8,11-13,25,28H,3-4,9-10,27H2,1-2H3,(H2,26,30)/b25-21?,29-22?,31-19?,32-18-/t12-/m1/s1. The molecule has 10 heteroatoms. The van der Waals surface area contributed by atoms with E-state index in [1.54, 1.807) is 32.3 Å². The van der Waals surface area contributed by atoms with Crippen LogP contribution in [0.2, 0.25) is 0 Å². The summed E-state index contributed by atoms with van der Waals surface area (Å²) in [5.41, 5.74) is 11.9. The average molecular weight is 451 g/mol. The molecule has 2 aliphatic rings. The minimum Gasteiger partial charge on any atom is -0.482 e. The van der Waals surface area contributed by atoms with Crippen LogP contribution in [0.4, 0.5) is 10.2 Å². The van der Waals surface area contributed by atoms with Crippen LogP contribution in [-0.2, 0) is 0 Å². The van der Waals surface area contributed by atoms with Crippen molar-refractivity contribution in [3.63, 3.8) is 0 Å². The van der Waals surface area contributed by atoms with Gasteiger partial charge in [-0.25, -0.2) is 9.37 Å². The number of hydrogen-bond donors (Lipinski definition) is 4. The molecule has 1 aromatic carbocycles. The zero-order valence-electron chi connectivity index (χ0n) is 18.6. The number of nitrogens with one attached hydrogen (secondary N) is 2. The molecule has 2 bridgehead atoms. The topological polar surface area (TPSA) is 147 Å². The van der Waals surface area contributed by atoms with Crippen LogP contribution in [0, 0.1) is 17.1 Å². The van der Waals surface area contributed by atoms with Crippen molar-refractivity contribution >= 4 is 28.7 Å². The minimum absolute atomic E-state index is 0.104. The van der Waals surface area contributed by atoms with E-state index < -0.39 is 11.9 Å². The molecule has 0 unspecified atom stereocenters. The normalized spacial score (nSPS) is 22.5. The molecule has 33 heavy (non-hydrogen) atoms. The number of hydrazone groups is 2. The molecule has 1 aliphatic carbocycles. The van der Waals surface area contributed by atoms with Crippen LogP contribution >= 0.6 is 0 Å². The van der Waals surface area contributed by atoms with Gasteiger partial charge in [-0.05, 0) is 49.9 Å². The predicted molar refractivity (Wildman–Crippen MR) is 128 cm³/mol. The third-order valence-electron chi connectivity index (χ3n) is 5.68. The minimum atomic E-state index is -0.611. The first-order valence-electron chi connectivity index (χ1n) is 10.8. The third kappa shape index (κ3) is 4.84. The second-order valence-corrected chi connectivity index (χ2v) is 8.14. The van der Waals surface area contributed by atoms with E-state index in [2.05, 4.69) is 20.6 Å². The van der Waals surface area contributed by atoms with E-state index in [0.717, 1.165) is 12.8 Å². The zero-order valence-corrected chi connectivity index (χ0v) is 18.6. The summed E-state index contributed by atoms with van der Waals surface area (Å²) in [6.07, 6.45) is 3.42. The van der Waals surface area contributed by atoms with Gasteiger partial charge in [0.2, 0.25) is 0 Å². The number of hydrogen-bond acceptors (Lipinski definition) is 9. The second-order valence-electron chi connectivity index (χ2n) is 8.14. The van der Waals surface area contributed by atoms with Gasteiger partial charge in [-0.1, -0.05) is 0 Å². The number of benzene rings is 1. The number of ether oxygens (including phenoxy) is 1. The van der Waals surface area contributed by atoms with Crippen molar-refractivity contribution in [3.05, 3.63) is 53.0 Å². The average Bonchev–Trinajstić information content (AvgIpc) is 3.63. The summed E-state index contributed by atoms with van der Waals surface area (Å²) in [5, 5.41) is 17.2. The molecule has 1 aromatic heterocycles. The SMILES string of the molecule is CN/N=C1/CC(=NN)C(=NCC2CC2)c2cnc(N)c(c2)O[C@H](C)c2cc(F)ccc2C1=N. The van der Waals surface area contributed by atoms with E-state index in [-0.39, 0.29) is 18.0 Å². The van der Waals surface area contributed by atoms with Gasteiger partial charge in [-0.15, -0.1) is 0 Å². The number of nitrogens with zero attached hydrogens (tertiary/aromatic N) is 4. The molecule has 6 N–H and O–H groups in total. The van der Waals surface area contributed by atoms with Crippen molar-refractivity contribution in [2.75, 3.05) is 19.3 Å². The summed E-state index contributed by atoms with van der Waals surface area (Å²) in [5.74, 6) is 6.44. The monoisotopic (exact) mass is 450 g/mol. The molecule has 0 radical (unpaired) electrons. The highest BCUT2D eigenvalue weighted by molar-refractivity contribution is 6.58. The molecular weight excluding hydrogens is 423 g/mol. The molecule has 1 saturated carbocycles. The highest BCUT2D eigenvalue weighted by Gasteiger charge is 2.27. The number of fused-ring (bicyclic) bond motifs is 3. The summed E-state index contributed by atoms with van der Waals surface area (Å²) in [6.45, 7) is 2.41. The van der Waals surface area contributed by atoms with Crippen LogP contribution < -0.4 is 21.7 Å². The fourth-order valence-corrected chi connectivity index (χ4v) is 3.72. The van der Waals surface area contributed by atoms with Gasteiger partial charge in [0.15, 0.2) is 11.6 Å². The van der Waals surface area contributed by atoms with Gasteiger partial charge in [-0.3, -0.25) is 10.4 Å². The second kappa shape index (κ2) is 9.35. The molecule has 1 aliphatic heterocycles. The first-order valence-corrected chi connectivity index (χ1v) is 10.8. The van der Waals surface area contributed by atoms with Crippen molar-refractivity contribution in [2.45, 2.75) is 32.3 Å². The molecule has 2 heterocycles. The predicted octanol–water partition coefficient (Wildman–Crippen LogP) is 2.80. The molecule has 172 valence electrons. The van der Waals surface area contributed by atoms with Crippen LogP contribution in [0.5, 0.6) is 5.75 Å². The van der Waals surface area contributed by atoms with Gasteiger partial charge >= 0.3 is 0 Å². The zero-order chi connectivity index (χ0) is 23.5. The molecule has 0 spiro atoms. The van der Waals surface area contributed by atoms with E-state index in [0.29, 0.717) is 52.0 Å².